The van der Waals surface area contributed by atoms with Gasteiger partial charge in [0.1, 0.15) is 0 Å². The fraction of sp³-hybridized carbons (Fsp3) is 0.188. The van der Waals surface area contributed by atoms with Gasteiger partial charge in [0.15, 0.2) is 0 Å². The van der Waals surface area contributed by atoms with Crippen LogP contribution in [-0.2, 0) is 6.18 Å². The van der Waals surface area contributed by atoms with Crippen molar-refractivity contribution in [2.24, 2.45) is 5.10 Å². The highest BCUT2D eigenvalue weighted by molar-refractivity contribution is 6.33. The third kappa shape index (κ3) is 4.62. The molecule has 0 aromatic heterocycles. The topological polar surface area (TPSA) is 24.4 Å². The maximum atomic E-state index is 12.7. The van der Waals surface area contributed by atoms with Gasteiger partial charge in [-0.1, -0.05) is 42.3 Å². The summed E-state index contributed by atoms with van der Waals surface area (Å²) in [5, 5.41) is 4.92. The first kappa shape index (κ1) is 17.6. The quantitative estimate of drug-likeness (QED) is 0.506. The van der Waals surface area contributed by atoms with Crippen molar-refractivity contribution in [1.82, 2.24) is 0 Å². The van der Waals surface area contributed by atoms with Crippen LogP contribution in [0.4, 0.5) is 18.9 Å². The predicted molar refractivity (Wildman–Crippen MR) is 88.4 cm³/mol. The highest BCUT2D eigenvalue weighted by Gasteiger charge is 2.30. The fourth-order valence-corrected chi connectivity index (χ4v) is 2.19. The summed E-state index contributed by atoms with van der Waals surface area (Å²) in [6.45, 7) is 1.89. The lowest BCUT2D eigenvalue weighted by atomic mass is 10.1. The molecule has 1 N–H and O–H groups in total. The first-order valence-electron chi connectivity index (χ1n) is 6.76. The normalized spacial score (nSPS) is 12.3. The van der Waals surface area contributed by atoms with Gasteiger partial charge in [0.25, 0.3) is 0 Å². The molecule has 23 heavy (non-hydrogen) atoms. The number of halogens is 5. The van der Waals surface area contributed by atoms with Crippen LogP contribution >= 0.6 is 23.2 Å². The van der Waals surface area contributed by atoms with E-state index in [1.165, 1.54) is 6.07 Å². The second kappa shape index (κ2) is 7.23. The number of hydrogen-bond acceptors (Lipinski definition) is 2. The zero-order valence-electron chi connectivity index (χ0n) is 12.1. The van der Waals surface area contributed by atoms with Crippen molar-refractivity contribution in [3.8, 4) is 0 Å². The average Bonchev–Trinajstić information content (AvgIpc) is 2.50. The van der Waals surface area contributed by atoms with Crippen LogP contribution in [0.1, 0.15) is 24.5 Å². The monoisotopic (exact) mass is 360 g/mol. The Bertz CT molecular complexity index is 710. The Balaban J connectivity index is 2.28. The number of anilines is 1. The van der Waals surface area contributed by atoms with Crippen LogP contribution in [0.2, 0.25) is 10.0 Å². The van der Waals surface area contributed by atoms with Crippen molar-refractivity contribution in [3.05, 3.63) is 63.6 Å². The summed E-state index contributed by atoms with van der Waals surface area (Å²) < 4.78 is 38.2. The molecule has 0 heterocycles. The highest BCUT2D eigenvalue weighted by atomic mass is 35.5. The summed E-state index contributed by atoms with van der Waals surface area (Å²) in [6, 6.07) is 10.1. The van der Waals surface area contributed by atoms with E-state index >= 15 is 0 Å². The second-order valence-corrected chi connectivity index (χ2v) is 5.57. The third-order valence-corrected chi connectivity index (χ3v) is 3.70. The second-order valence-electron chi connectivity index (χ2n) is 4.72. The first-order chi connectivity index (χ1) is 10.8. The maximum absolute atomic E-state index is 12.7. The van der Waals surface area contributed by atoms with Crippen molar-refractivity contribution >= 4 is 34.6 Å². The van der Waals surface area contributed by atoms with Crippen molar-refractivity contribution in [1.29, 1.82) is 0 Å². The minimum atomic E-state index is -4.44. The molecule has 2 nitrogen and oxygen atoms in total. The lowest BCUT2D eigenvalue weighted by Gasteiger charge is -2.11. The summed E-state index contributed by atoms with van der Waals surface area (Å²) in [5.74, 6) is 0. The number of benzene rings is 2. The van der Waals surface area contributed by atoms with Crippen LogP contribution < -0.4 is 5.43 Å². The van der Waals surface area contributed by atoms with E-state index in [-0.39, 0.29) is 10.7 Å². The fourth-order valence-electron chi connectivity index (χ4n) is 1.90. The minimum Gasteiger partial charge on any atom is -0.277 e. The van der Waals surface area contributed by atoms with Gasteiger partial charge in [-0.25, -0.2) is 0 Å². The molecular weight excluding hydrogens is 348 g/mol. The summed E-state index contributed by atoms with van der Waals surface area (Å²) in [5.41, 5.74) is 3.43. The molecule has 0 aliphatic rings. The zero-order valence-corrected chi connectivity index (χ0v) is 13.6. The van der Waals surface area contributed by atoms with Gasteiger partial charge in [-0.05, 0) is 42.3 Å². The van der Waals surface area contributed by atoms with Gasteiger partial charge in [-0.15, -0.1) is 0 Å². The third-order valence-electron chi connectivity index (χ3n) is 3.12. The van der Waals surface area contributed by atoms with E-state index in [0.717, 1.165) is 17.7 Å². The molecule has 122 valence electrons. The van der Waals surface area contributed by atoms with E-state index in [2.05, 4.69) is 10.5 Å². The summed E-state index contributed by atoms with van der Waals surface area (Å²) in [6.07, 6.45) is -3.85. The standard InChI is InChI=1S/C16H13Cl2F3N2/c1-2-14(10-3-6-12(17)7-4-10)22-23-15-9-11(16(19,20)21)5-8-13(15)18/h3-9,23H,2H2,1H3. The molecule has 0 fully saturated rings. The van der Waals surface area contributed by atoms with Crippen LogP contribution in [0.5, 0.6) is 0 Å². The van der Waals surface area contributed by atoms with Gasteiger partial charge >= 0.3 is 6.18 Å². The van der Waals surface area contributed by atoms with E-state index < -0.39 is 11.7 Å². The zero-order chi connectivity index (χ0) is 17.0. The molecule has 0 aliphatic heterocycles. The lowest BCUT2D eigenvalue weighted by Crippen LogP contribution is -2.07. The number of alkyl halides is 3. The predicted octanol–water partition coefficient (Wildman–Crippen LogP) is 6.24. The Hall–Kier alpha value is -1.72. The number of nitrogens with one attached hydrogen (secondary N) is 1. The number of hydrazone groups is 1. The molecule has 0 radical (unpaired) electrons. The Kier molecular flexibility index (Phi) is 5.55. The SMILES string of the molecule is CCC(=NNc1cc(C(F)(F)F)ccc1Cl)c1ccc(Cl)cc1. The molecule has 0 saturated carbocycles. The molecule has 0 saturated heterocycles. The Morgan fingerprint density at radius 1 is 1.09 bits per heavy atom. The van der Waals surface area contributed by atoms with Crippen molar-refractivity contribution in [2.75, 3.05) is 5.43 Å². The molecule has 7 heteroatoms. The summed E-state index contributed by atoms with van der Waals surface area (Å²) in [4.78, 5) is 0. The van der Waals surface area contributed by atoms with Crippen LogP contribution in [0.15, 0.2) is 47.6 Å². The van der Waals surface area contributed by atoms with Crippen LogP contribution in [-0.4, -0.2) is 5.71 Å². The van der Waals surface area contributed by atoms with Crippen molar-refractivity contribution in [2.45, 2.75) is 19.5 Å². The summed E-state index contributed by atoms with van der Waals surface area (Å²) >= 11 is 11.8. The van der Waals surface area contributed by atoms with Crippen LogP contribution in [0.3, 0.4) is 0 Å². The molecule has 0 unspecified atom stereocenters. The Labute approximate surface area is 141 Å². The Morgan fingerprint density at radius 2 is 1.74 bits per heavy atom. The number of nitrogens with zero attached hydrogens (tertiary/aromatic N) is 1. The molecule has 0 aliphatic carbocycles. The van der Waals surface area contributed by atoms with Crippen molar-refractivity contribution < 1.29 is 13.2 Å². The van der Waals surface area contributed by atoms with Gasteiger partial charge in [-0.2, -0.15) is 18.3 Å². The maximum Gasteiger partial charge on any atom is 0.416 e. The van der Waals surface area contributed by atoms with E-state index in [1.807, 2.05) is 6.92 Å². The molecule has 0 atom stereocenters. The summed E-state index contributed by atoms with van der Waals surface area (Å²) in [7, 11) is 0. The number of rotatable bonds is 4. The molecular formula is C16H13Cl2F3N2. The Morgan fingerprint density at radius 3 is 2.30 bits per heavy atom. The van der Waals surface area contributed by atoms with Gasteiger partial charge in [0.2, 0.25) is 0 Å². The van der Waals surface area contributed by atoms with E-state index in [0.29, 0.717) is 17.2 Å². The van der Waals surface area contributed by atoms with E-state index in [9.17, 15) is 13.2 Å². The minimum absolute atomic E-state index is 0.0985. The smallest absolute Gasteiger partial charge is 0.277 e. The van der Waals surface area contributed by atoms with Gasteiger partial charge in [-0.3, -0.25) is 5.43 Å². The van der Waals surface area contributed by atoms with Crippen molar-refractivity contribution in [3.63, 3.8) is 0 Å². The van der Waals surface area contributed by atoms with Gasteiger partial charge < -0.3 is 0 Å². The molecule has 0 spiro atoms. The van der Waals surface area contributed by atoms with Crippen LogP contribution in [0, 0.1) is 0 Å². The van der Waals surface area contributed by atoms with E-state index in [1.54, 1.807) is 24.3 Å². The van der Waals surface area contributed by atoms with Gasteiger partial charge in [0, 0.05) is 5.02 Å². The molecule has 2 aromatic rings. The highest BCUT2D eigenvalue weighted by Crippen LogP contribution is 2.33. The molecule has 2 rings (SSSR count). The van der Waals surface area contributed by atoms with Gasteiger partial charge in [0.05, 0.1) is 22.0 Å². The molecule has 2 aromatic carbocycles. The average molecular weight is 361 g/mol. The first-order valence-corrected chi connectivity index (χ1v) is 7.52. The van der Waals surface area contributed by atoms with E-state index in [4.69, 9.17) is 23.2 Å². The van der Waals surface area contributed by atoms with Crippen LogP contribution in [0.25, 0.3) is 0 Å². The molecule has 0 amide bonds. The number of hydrogen-bond donors (Lipinski definition) is 1. The largest absolute Gasteiger partial charge is 0.416 e. The molecule has 0 bridgehead atoms. The lowest BCUT2D eigenvalue weighted by molar-refractivity contribution is -0.137.